The van der Waals surface area contributed by atoms with Crippen LogP contribution in [0.15, 0.2) is 42.5 Å². The fraction of sp³-hybridized carbons (Fsp3) is 0.385. The molecule has 0 radical (unpaired) electrons. The van der Waals surface area contributed by atoms with Crippen LogP contribution < -0.4 is 5.32 Å². The van der Waals surface area contributed by atoms with Crippen molar-refractivity contribution in [3.8, 4) is 0 Å². The third kappa shape index (κ3) is 3.35. The van der Waals surface area contributed by atoms with Gasteiger partial charge in [-0.15, -0.1) is 6.58 Å². The molecular weight excluding hydrogens is 170 g/mol. The van der Waals surface area contributed by atoms with Crippen LogP contribution in [0.4, 0.5) is 0 Å². The molecule has 0 aliphatic rings. The molecule has 0 amide bonds. The highest BCUT2D eigenvalue weighted by molar-refractivity contribution is 5.18. The molecule has 0 fully saturated rings. The molecule has 1 unspecified atom stereocenters. The van der Waals surface area contributed by atoms with E-state index in [1.54, 1.807) is 0 Å². The van der Waals surface area contributed by atoms with E-state index in [9.17, 15) is 0 Å². The van der Waals surface area contributed by atoms with Gasteiger partial charge in [0.1, 0.15) is 0 Å². The van der Waals surface area contributed by atoms with E-state index in [2.05, 4.69) is 49.2 Å². The Hall–Kier alpha value is -1.08. The first kappa shape index (κ1) is 11.0. The quantitative estimate of drug-likeness (QED) is 0.701. The third-order valence-electron chi connectivity index (χ3n) is 2.41. The second kappa shape index (κ2) is 5.61. The maximum atomic E-state index is 3.93. The topological polar surface area (TPSA) is 12.0 Å². The Morgan fingerprint density at radius 2 is 2.00 bits per heavy atom. The zero-order chi connectivity index (χ0) is 10.4. The maximum Gasteiger partial charge on any atom is 0.0320 e. The smallest absolute Gasteiger partial charge is 0.0320 e. The van der Waals surface area contributed by atoms with Crippen LogP contribution in [-0.4, -0.2) is 7.05 Å². The molecule has 0 aliphatic heterocycles. The Kier molecular flexibility index (Phi) is 4.41. The lowest BCUT2D eigenvalue weighted by atomic mass is 10.0. The predicted octanol–water partition coefficient (Wildman–Crippen LogP) is 3.30. The number of hydrogen-bond acceptors (Lipinski definition) is 1. The van der Waals surface area contributed by atoms with E-state index in [1.165, 1.54) is 11.1 Å². The van der Waals surface area contributed by atoms with Crippen molar-refractivity contribution in [2.24, 2.45) is 0 Å². The van der Waals surface area contributed by atoms with Crippen molar-refractivity contribution in [3.63, 3.8) is 0 Å². The summed E-state index contributed by atoms with van der Waals surface area (Å²) in [6, 6.07) is 11.0. The molecule has 0 saturated heterocycles. The van der Waals surface area contributed by atoms with Crippen LogP contribution in [0.25, 0.3) is 0 Å². The van der Waals surface area contributed by atoms with Gasteiger partial charge in [-0.2, -0.15) is 0 Å². The average Bonchev–Trinajstić information content (AvgIpc) is 2.20. The van der Waals surface area contributed by atoms with Gasteiger partial charge in [-0.1, -0.05) is 35.9 Å². The molecule has 14 heavy (non-hydrogen) atoms. The zero-order valence-corrected chi connectivity index (χ0v) is 9.09. The molecule has 1 atom stereocenters. The largest absolute Gasteiger partial charge is 0.313 e. The van der Waals surface area contributed by atoms with E-state index in [0.717, 1.165) is 12.8 Å². The Morgan fingerprint density at radius 1 is 1.36 bits per heavy atom. The lowest BCUT2D eigenvalue weighted by molar-refractivity contribution is 0.548. The van der Waals surface area contributed by atoms with Gasteiger partial charge in [0.2, 0.25) is 0 Å². The Labute approximate surface area is 86.8 Å². The van der Waals surface area contributed by atoms with Crippen molar-refractivity contribution in [3.05, 3.63) is 48.0 Å². The molecule has 1 aromatic rings. The van der Waals surface area contributed by atoms with E-state index in [1.807, 2.05) is 7.05 Å². The summed E-state index contributed by atoms with van der Waals surface area (Å²) in [6.45, 7) is 6.01. The number of hydrogen-bond donors (Lipinski definition) is 1. The van der Waals surface area contributed by atoms with Gasteiger partial charge in [-0.3, -0.25) is 0 Å². The molecule has 0 aliphatic carbocycles. The Bertz CT molecular complexity index is 277. The van der Waals surface area contributed by atoms with E-state index < -0.39 is 0 Å². The van der Waals surface area contributed by atoms with Gasteiger partial charge in [0.05, 0.1) is 0 Å². The van der Waals surface area contributed by atoms with Gasteiger partial charge in [-0.05, 0) is 32.4 Å². The van der Waals surface area contributed by atoms with Gasteiger partial charge in [0.25, 0.3) is 0 Å². The molecule has 0 heterocycles. The maximum absolute atomic E-state index is 3.93. The predicted molar refractivity (Wildman–Crippen MR) is 62.3 cm³/mol. The molecule has 0 spiro atoms. The highest BCUT2D eigenvalue weighted by Crippen LogP contribution is 2.19. The van der Waals surface area contributed by atoms with Crippen LogP contribution in [0.5, 0.6) is 0 Å². The minimum atomic E-state index is 0.452. The van der Waals surface area contributed by atoms with Crippen LogP contribution in [0.3, 0.4) is 0 Å². The van der Waals surface area contributed by atoms with E-state index >= 15 is 0 Å². The normalized spacial score (nSPS) is 12.4. The van der Waals surface area contributed by atoms with Crippen molar-refractivity contribution < 1.29 is 0 Å². The summed E-state index contributed by atoms with van der Waals surface area (Å²) < 4.78 is 0. The number of nitrogens with one attached hydrogen (secondary N) is 1. The van der Waals surface area contributed by atoms with Gasteiger partial charge in [-0.25, -0.2) is 0 Å². The van der Waals surface area contributed by atoms with Crippen molar-refractivity contribution in [1.82, 2.24) is 5.32 Å². The van der Waals surface area contributed by atoms with Crippen molar-refractivity contribution in [1.29, 1.82) is 0 Å². The second-order valence-corrected chi connectivity index (χ2v) is 3.75. The minimum absolute atomic E-state index is 0.452. The molecule has 1 heteroatoms. The standard InChI is InChI=1S/C13H19N/c1-11(2)9-10-13(14-3)12-7-5-4-6-8-12/h4-8,13-14H,1,9-10H2,2-3H3. The molecule has 1 aromatic carbocycles. The summed E-state index contributed by atoms with van der Waals surface area (Å²) >= 11 is 0. The number of allylic oxidation sites excluding steroid dienone is 1. The first-order valence-electron chi connectivity index (χ1n) is 5.10. The van der Waals surface area contributed by atoms with Gasteiger partial charge in [0.15, 0.2) is 0 Å². The van der Waals surface area contributed by atoms with Crippen LogP contribution in [0.1, 0.15) is 31.4 Å². The van der Waals surface area contributed by atoms with Crippen molar-refractivity contribution in [2.45, 2.75) is 25.8 Å². The molecular formula is C13H19N. The molecule has 0 bridgehead atoms. The molecule has 1 nitrogen and oxygen atoms in total. The third-order valence-corrected chi connectivity index (χ3v) is 2.41. The monoisotopic (exact) mass is 189 g/mol. The van der Waals surface area contributed by atoms with Crippen molar-refractivity contribution in [2.75, 3.05) is 7.05 Å². The lowest BCUT2D eigenvalue weighted by Gasteiger charge is -2.16. The van der Waals surface area contributed by atoms with Gasteiger partial charge < -0.3 is 5.32 Å². The first-order valence-corrected chi connectivity index (χ1v) is 5.10. The van der Waals surface area contributed by atoms with E-state index in [0.29, 0.717) is 6.04 Å². The first-order chi connectivity index (χ1) is 6.74. The minimum Gasteiger partial charge on any atom is -0.313 e. The molecule has 1 N–H and O–H groups in total. The number of rotatable bonds is 5. The van der Waals surface area contributed by atoms with Crippen LogP contribution in [0, 0.1) is 0 Å². The highest BCUT2D eigenvalue weighted by atomic mass is 14.9. The molecule has 0 aromatic heterocycles. The zero-order valence-electron chi connectivity index (χ0n) is 9.09. The van der Waals surface area contributed by atoms with Crippen molar-refractivity contribution >= 4 is 0 Å². The second-order valence-electron chi connectivity index (χ2n) is 3.75. The van der Waals surface area contributed by atoms with Crippen LogP contribution in [0.2, 0.25) is 0 Å². The summed E-state index contributed by atoms with van der Waals surface area (Å²) in [5, 5.41) is 3.33. The Balaban J connectivity index is 2.58. The highest BCUT2D eigenvalue weighted by Gasteiger charge is 2.07. The fourth-order valence-electron chi connectivity index (χ4n) is 1.55. The fourth-order valence-corrected chi connectivity index (χ4v) is 1.55. The number of benzene rings is 1. The molecule has 1 rings (SSSR count). The summed E-state index contributed by atoms with van der Waals surface area (Å²) in [5.74, 6) is 0. The SMILES string of the molecule is C=C(C)CCC(NC)c1ccccc1. The Morgan fingerprint density at radius 3 is 2.50 bits per heavy atom. The molecule has 0 saturated carbocycles. The summed E-state index contributed by atoms with van der Waals surface area (Å²) in [4.78, 5) is 0. The van der Waals surface area contributed by atoms with E-state index in [-0.39, 0.29) is 0 Å². The van der Waals surface area contributed by atoms with Gasteiger partial charge >= 0.3 is 0 Å². The van der Waals surface area contributed by atoms with Gasteiger partial charge in [0, 0.05) is 6.04 Å². The molecule has 76 valence electrons. The summed E-state index contributed by atoms with van der Waals surface area (Å²) in [6.07, 6.45) is 2.20. The summed E-state index contributed by atoms with van der Waals surface area (Å²) in [7, 11) is 2.01. The van der Waals surface area contributed by atoms with Crippen LogP contribution >= 0.6 is 0 Å². The summed E-state index contributed by atoms with van der Waals surface area (Å²) in [5.41, 5.74) is 2.61. The van der Waals surface area contributed by atoms with E-state index in [4.69, 9.17) is 0 Å². The average molecular weight is 189 g/mol. The lowest BCUT2D eigenvalue weighted by Crippen LogP contribution is -2.16. The van der Waals surface area contributed by atoms with Crippen LogP contribution in [-0.2, 0) is 0 Å².